The van der Waals surface area contributed by atoms with E-state index in [-0.39, 0.29) is 17.9 Å². The molecule has 2 aromatic carbocycles. The minimum absolute atomic E-state index is 0.0416. The third-order valence-corrected chi connectivity index (χ3v) is 5.36. The van der Waals surface area contributed by atoms with E-state index in [1.807, 2.05) is 36.4 Å². The van der Waals surface area contributed by atoms with Crippen LogP contribution < -0.4 is 14.8 Å². The molecule has 2 atom stereocenters. The minimum atomic E-state index is -0.352. The number of methoxy groups -OCH3 is 2. The van der Waals surface area contributed by atoms with Gasteiger partial charge in [-0.1, -0.05) is 55.8 Å². The molecule has 0 aliphatic rings. The van der Waals surface area contributed by atoms with Gasteiger partial charge in [0.1, 0.15) is 6.04 Å². The van der Waals surface area contributed by atoms with Crippen LogP contribution in [0.5, 0.6) is 11.5 Å². The molecule has 31 heavy (non-hydrogen) atoms. The predicted molar refractivity (Wildman–Crippen MR) is 118 cm³/mol. The summed E-state index contributed by atoms with van der Waals surface area (Å²) in [4.78, 5) is 17.2. The number of amides is 1. The lowest BCUT2D eigenvalue weighted by atomic mass is 9.98. The van der Waals surface area contributed by atoms with Gasteiger partial charge < -0.3 is 19.3 Å². The normalized spacial score (nSPS) is 12.8. The molecule has 1 N–H and O–H groups in total. The van der Waals surface area contributed by atoms with E-state index in [1.54, 1.807) is 26.4 Å². The Morgan fingerprint density at radius 2 is 1.84 bits per heavy atom. The molecule has 0 aliphatic heterocycles. The molecule has 7 heteroatoms. The summed E-state index contributed by atoms with van der Waals surface area (Å²) in [5.74, 6) is 2.13. The first-order valence-electron chi connectivity index (χ1n) is 10.4. The van der Waals surface area contributed by atoms with Gasteiger partial charge in [0.05, 0.1) is 14.2 Å². The van der Waals surface area contributed by atoms with Crippen molar-refractivity contribution in [2.24, 2.45) is 5.92 Å². The number of aromatic nitrogens is 2. The van der Waals surface area contributed by atoms with Crippen LogP contribution >= 0.6 is 0 Å². The molecule has 7 nitrogen and oxygen atoms in total. The number of nitrogens with one attached hydrogen (secondary N) is 1. The molecule has 0 bridgehead atoms. The van der Waals surface area contributed by atoms with E-state index in [0.29, 0.717) is 36.1 Å². The maximum Gasteiger partial charge on any atom is 0.249 e. The van der Waals surface area contributed by atoms with Crippen LogP contribution in [0.15, 0.2) is 53.1 Å². The number of hydrogen-bond donors (Lipinski definition) is 1. The van der Waals surface area contributed by atoms with Crippen LogP contribution in [0.25, 0.3) is 11.4 Å². The number of benzene rings is 2. The monoisotopic (exact) mass is 423 g/mol. The number of carbonyl (C=O) groups is 1. The van der Waals surface area contributed by atoms with Crippen LogP contribution in [-0.4, -0.2) is 30.3 Å². The van der Waals surface area contributed by atoms with E-state index >= 15 is 0 Å². The Hall–Kier alpha value is -3.35. The molecular weight excluding hydrogens is 394 g/mol. The summed E-state index contributed by atoms with van der Waals surface area (Å²) in [5.41, 5.74) is 1.87. The lowest BCUT2D eigenvalue weighted by molar-refractivity contribution is -0.122. The number of nitrogens with zero attached hydrogens (tertiary/aromatic N) is 2. The SMILES string of the molecule is CC[C@H](C)[C@@H](NC(=O)CCc1ccccc1)c1nc(-c2ccc(OC)c(OC)c2)no1. The standard InChI is InChI=1S/C24H29N3O4/c1-5-16(2)22(25-21(28)14-11-17-9-7-6-8-10-17)24-26-23(27-31-24)18-12-13-19(29-3)20(15-18)30-4/h6-10,12-13,15-16,22H,5,11,14H2,1-4H3,(H,25,28)/t16-,22+/m0/s1. The first kappa shape index (κ1) is 22.3. The summed E-state index contributed by atoms with van der Waals surface area (Å²) in [6.07, 6.45) is 1.94. The van der Waals surface area contributed by atoms with Crippen LogP contribution in [0.4, 0.5) is 0 Å². The van der Waals surface area contributed by atoms with Crippen molar-refractivity contribution >= 4 is 5.91 Å². The van der Waals surface area contributed by atoms with Crippen LogP contribution in [0.1, 0.15) is 44.2 Å². The van der Waals surface area contributed by atoms with Crippen molar-refractivity contribution in [3.63, 3.8) is 0 Å². The molecule has 0 saturated carbocycles. The molecule has 164 valence electrons. The number of aryl methyl sites for hydroxylation is 1. The Labute approximate surface area is 182 Å². The van der Waals surface area contributed by atoms with Gasteiger partial charge in [0.15, 0.2) is 11.5 Å². The van der Waals surface area contributed by atoms with Gasteiger partial charge in [0.2, 0.25) is 17.6 Å². The topological polar surface area (TPSA) is 86.5 Å². The van der Waals surface area contributed by atoms with Crippen LogP contribution in [0.2, 0.25) is 0 Å². The van der Waals surface area contributed by atoms with Crippen LogP contribution in [0.3, 0.4) is 0 Å². The summed E-state index contributed by atoms with van der Waals surface area (Å²) in [5, 5.41) is 7.20. The molecule has 0 spiro atoms. The van der Waals surface area contributed by atoms with Crippen molar-refractivity contribution in [1.82, 2.24) is 15.5 Å². The zero-order chi connectivity index (χ0) is 22.2. The Bertz CT molecular complexity index is 987. The maximum atomic E-state index is 12.6. The van der Waals surface area contributed by atoms with Crippen molar-refractivity contribution in [3.05, 3.63) is 60.0 Å². The predicted octanol–water partition coefficient (Wildman–Crippen LogP) is 4.59. The number of hydrogen-bond acceptors (Lipinski definition) is 6. The fourth-order valence-electron chi connectivity index (χ4n) is 3.29. The molecule has 0 saturated heterocycles. The van der Waals surface area contributed by atoms with E-state index in [9.17, 15) is 4.79 Å². The lowest BCUT2D eigenvalue weighted by Gasteiger charge is -2.20. The molecule has 1 aromatic heterocycles. The highest BCUT2D eigenvalue weighted by Crippen LogP contribution is 2.32. The van der Waals surface area contributed by atoms with Crippen LogP contribution in [-0.2, 0) is 11.2 Å². The highest BCUT2D eigenvalue weighted by atomic mass is 16.5. The smallest absolute Gasteiger partial charge is 0.249 e. The minimum Gasteiger partial charge on any atom is -0.493 e. The van der Waals surface area contributed by atoms with Gasteiger partial charge in [0.25, 0.3) is 0 Å². The van der Waals surface area contributed by atoms with Crippen molar-refractivity contribution in [2.45, 2.75) is 39.2 Å². The highest BCUT2D eigenvalue weighted by Gasteiger charge is 2.26. The number of carbonyl (C=O) groups excluding carboxylic acids is 1. The maximum absolute atomic E-state index is 12.6. The average molecular weight is 424 g/mol. The van der Waals surface area contributed by atoms with Crippen LogP contribution in [0, 0.1) is 5.92 Å². The molecule has 1 heterocycles. The summed E-state index contributed by atoms with van der Waals surface area (Å²) >= 11 is 0. The zero-order valence-electron chi connectivity index (χ0n) is 18.4. The van der Waals surface area contributed by atoms with Crippen molar-refractivity contribution in [1.29, 1.82) is 0 Å². The molecule has 3 rings (SSSR count). The Morgan fingerprint density at radius 3 is 2.52 bits per heavy atom. The van der Waals surface area contributed by atoms with Gasteiger partial charge in [-0.15, -0.1) is 0 Å². The van der Waals surface area contributed by atoms with E-state index < -0.39 is 0 Å². The van der Waals surface area contributed by atoms with Crippen molar-refractivity contribution in [3.8, 4) is 22.9 Å². The van der Waals surface area contributed by atoms with Gasteiger partial charge in [0, 0.05) is 12.0 Å². The molecular formula is C24H29N3O4. The summed E-state index contributed by atoms with van der Waals surface area (Å²) in [6.45, 7) is 4.13. The second-order valence-corrected chi connectivity index (χ2v) is 7.44. The van der Waals surface area contributed by atoms with E-state index in [4.69, 9.17) is 14.0 Å². The largest absolute Gasteiger partial charge is 0.493 e. The number of ether oxygens (including phenoxy) is 2. The molecule has 3 aromatic rings. The Balaban J connectivity index is 1.74. The van der Waals surface area contributed by atoms with Gasteiger partial charge in [-0.25, -0.2) is 0 Å². The Morgan fingerprint density at radius 1 is 1.10 bits per heavy atom. The molecule has 0 fully saturated rings. The Kier molecular flexibility index (Phi) is 7.65. The first-order chi connectivity index (χ1) is 15.0. The summed E-state index contributed by atoms with van der Waals surface area (Å²) in [7, 11) is 3.16. The average Bonchev–Trinajstić information content (AvgIpc) is 3.30. The third kappa shape index (κ3) is 5.63. The quantitative estimate of drug-likeness (QED) is 0.513. The molecule has 1 amide bonds. The third-order valence-electron chi connectivity index (χ3n) is 5.36. The summed E-state index contributed by atoms with van der Waals surface area (Å²) in [6, 6.07) is 15.0. The second kappa shape index (κ2) is 10.6. The van der Waals surface area contributed by atoms with Gasteiger partial charge >= 0.3 is 0 Å². The highest BCUT2D eigenvalue weighted by molar-refractivity contribution is 5.76. The zero-order valence-corrected chi connectivity index (χ0v) is 18.4. The van der Waals surface area contributed by atoms with E-state index in [1.165, 1.54) is 0 Å². The van der Waals surface area contributed by atoms with Gasteiger partial charge in [-0.05, 0) is 36.1 Å². The van der Waals surface area contributed by atoms with Gasteiger partial charge in [-0.2, -0.15) is 4.98 Å². The fourth-order valence-corrected chi connectivity index (χ4v) is 3.29. The van der Waals surface area contributed by atoms with Gasteiger partial charge in [-0.3, -0.25) is 4.79 Å². The van der Waals surface area contributed by atoms with Crippen molar-refractivity contribution in [2.75, 3.05) is 14.2 Å². The lowest BCUT2D eigenvalue weighted by Crippen LogP contribution is -2.32. The van der Waals surface area contributed by atoms with E-state index in [2.05, 4.69) is 29.3 Å². The molecule has 0 unspecified atom stereocenters. The van der Waals surface area contributed by atoms with Crippen molar-refractivity contribution < 1.29 is 18.8 Å². The fraction of sp³-hybridized carbons (Fsp3) is 0.375. The number of rotatable bonds is 10. The first-order valence-corrected chi connectivity index (χ1v) is 10.4. The molecule has 0 aliphatic carbocycles. The second-order valence-electron chi connectivity index (χ2n) is 7.44. The molecule has 0 radical (unpaired) electrons. The summed E-state index contributed by atoms with van der Waals surface area (Å²) < 4.78 is 16.2. The van der Waals surface area contributed by atoms with E-state index in [0.717, 1.165) is 17.5 Å².